The standard InChI is InChI=1S/C10H11N3O4S/c11-5-7-1-3-8(4-2-7)18(16,17)13-6-9(12)10(14)15/h1-4,9,13H,6,12H2,(H,14,15)/t9-/m0/s1. The van der Waals surface area contributed by atoms with Crippen molar-refractivity contribution in [2.75, 3.05) is 6.54 Å². The lowest BCUT2D eigenvalue weighted by molar-refractivity contribution is -0.138. The van der Waals surface area contributed by atoms with Crippen LogP contribution < -0.4 is 10.5 Å². The molecule has 0 amide bonds. The number of hydrogen-bond acceptors (Lipinski definition) is 5. The first kappa shape index (κ1) is 14.1. The van der Waals surface area contributed by atoms with Crippen LogP contribution in [0.25, 0.3) is 0 Å². The summed E-state index contributed by atoms with van der Waals surface area (Å²) in [7, 11) is -3.82. The van der Waals surface area contributed by atoms with Gasteiger partial charge in [0, 0.05) is 6.54 Å². The molecule has 0 radical (unpaired) electrons. The van der Waals surface area contributed by atoms with Gasteiger partial charge in [0.05, 0.1) is 16.5 Å². The van der Waals surface area contributed by atoms with E-state index in [1.165, 1.54) is 24.3 Å². The number of sulfonamides is 1. The third-order valence-electron chi connectivity index (χ3n) is 2.10. The Bertz CT molecular complexity index is 574. The van der Waals surface area contributed by atoms with E-state index in [0.29, 0.717) is 5.56 Å². The molecule has 0 spiro atoms. The van der Waals surface area contributed by atoms with E-state index in [1.807, 2.05) is 6.07 Å². The Balaban J connectivity index is 2.80. The van der Waals surface area contributed by atoms with E-state index in [9.17, 15) is 13.2 Å². The number of rotatable bonds is 5. The van der Waals surface area contributed by atoms with E-state index in [1.54, 1.807) is 0 Å². The number of hydrogen-bond donors (Lipinski definition) is 3. The minimum atomic E-state index is -3.82. The van der Waals surface area contributed by atoms with Gasteiger partial charge in [0.15, 0.2) is 0 Å². The zero-order valence-corrected chi connectivity index (χ0v) is 10.0. The van der Waals surface area contributed by atoms with E-state index in [4.69, 9.17) is 16.1 Å². The Morgan fingerprint density at radius 3 is 2.44 bits per heavy atom. The molecular formula is C10H11N3O4S. The second-order valence-corrected chi connectivity index (χ2v) is 5.20. The molecule has 0 saturated carbocycles. The summed E-state index contributed by atoms with van der Waals surface area (Å²) in [4.78, 5) is 10.4. The highest BCUT2D eigenvalue weighted by Gasteiger charge is 2.18. The summed E-state index contributed by atoms with van der Waals surface area (Å²) in [5.41, 5.74) is 5.51. The Labute approximate surface area is 104 Å². The number of nitrogens with one attached hydrogen (secondary N) is 1. The summed E-state index contributed by atoms with van der Waals surface area (Å²) in [5.74, 6) is -1.29. The molecule has 0 fully saturated rings. The van der Waals surface area contributed by atoms with Gasteiger partial charge in [-0.15, -0.1) is 0 Å². The van der Waals surface area contributed by atoms with Crippen LogP contribution in [0, 0.1) is 11.3 Å². The van der Waals surface area contributed by atoms with Crippen molar-refractivity contribution in [3.63, 3.8) is 0 Å². The highest BCUT2D eigenvalue weighted by molar-refractivity contribution is 7.89. The van der Waals surface area contributed by atoms with Crippen LogP contribution in [0.1, 0.15) is 5.56 Å². The predicted octanol–water partition coefficient (Wildman–Crippen LogP) is -0.752. The number of carboxylic acids is 1. The van der Waals surface area contributed by atoms with Crippen LogP contribution in [0.2, 0.25) is 0 Å². The SMILES string of the molecule is N#Cc1ccc(S(=O)(=O)NC[C@H](N)C(=O)O)cc1. The van der Waals surface area contributed by atoms with E-state index in [-0.39, 0.29) is 4.90 Å². The summed E-state index contributed by atoms with van der Waals surface area (Å²) in [6.45, 7) is -0.405. The topological polar surface area (TPSA) is 133 Å². The maximum atomic E-state index is 11.7. The molecule has 0 aromatic heterocycles. The number of nitrogens with two attached hydrogens (primary N) is 1. The number of benzene rings is 1. The number of carboxylic acid groups (broad SMARTS) is 1. The van der Waals surface area contributed by atoms with Gasteiger partial charge < -0.3 is 10.8 Å². The van der Waals surface area contributed by atoms with Crippen LogP contribution in [0.5, 0.6) is 0 Å². The first-order valence-electron chi connectivity index (χ1n) is 4.85. The quantitative estimate of drug-likeness (QED) is 0.644. The van der Waals surface area contributed by atoms with Crippen molar-refractivity contribution in [1.82, 2.24) is 4.72 Å². The molecule has 0 unspecified atom stereocenters. The third-order valence-corrected chi connectivity index (χ3v) is 3.54. The second-order valence-electron chi connectivity index (χ2n) is 3.43. The van der Waals surface area contributed by atoms with Gasteiger partial charge in [0.1, 0.15) is 6.04 Å². The molecule has 0 heterocycles. The Hall–Kier alpha value is -1.95. The largest absolute Gasteiger partial charge is 0.480 e. The minimum absolute atomic E-state index is 0.0564. The first-order chi connectivity index (χ1) is 8.36. The van der Waals surface area contributed by atoms with E-state index in [0.717, 1.165) is 0 Å². The molecule has 96 valence electrons. The molecule has 0 saturated heterocycles. The van der Waals surface area contributed by atoms with Crippen LogP contribution in [0.15, 0.2) is 29.2 Å². The summed E-state index contributed by atoms with van der Waals surface area (Å²) < 4.78 is 25.5. The number of nitriles is 1. The van der Waals surface area contributed by atoms with Crippen LogP contribution in [-0.2, 0) is 14.8 Å². The van der Waals surface area contributed by atoms with Gasteiger partial charge in [0.25, 0.3) is 0 Å². The van der Waals surface area contributed by atoms with Crippen molar-refractivity contribution in [2.45, 2.75) is 10.9 Å². The molecule has 1 atom stereocenters. The Morgan fingerprint density at radius 2 is 2.00 bits per heavy atom. The lowest BCUT2D eigenvalue weighted by Crippen LogP contribution is -2.42. The molecule has 0 aliphatic rings. The van der Waals surface area contributed by atoms with Gasteiger partial charge in [-0.1, -0.05) is 0 Å². The van der Waals surface area contributed by atoms with Crippen molar-refractivity contribution in [2.24, 2.45) is 5.73 Å². The lowest BCUT2D eigenvalue weighted by Gasteiger charge is -2.09. The fourth-order valence-corrected chi connectivity index (χ4v) is 2.14. The van der Waals surface area contributed by atoms with Crippen molar-refractivity contribution >= 4 is 16.0 Å². The average Bonchev–Trinajstić information content (AvgIpc) is 2.36. The smallest absolute Gasteiger partial charge is 0.321 e. The number of aliphatic carboxylic acids is 1. The molecule has 1 aromatic carbocycles. The van der Waals surface area contributed by atoms with Crippen molar-refractivity contribution < 1.29 is 18.3 Å². The first-order valence-corrected chi connectivity index (χ1v) is 6.33. The van der Waals surface area contributed by atoms with Gasteiger partial charge >= 0.3 is 5.97 Å². The van der Waals surface area contributed by atoms with Crippen LogP contribution >= 0.6 is 0 Å². The summed E-state index contributed by atoms with van der Waals surface area (Å²) in [6.07, 6.45) is 0. The minimum Gasteiger partial charge on any atom is -0.480 e. The highest BCUT2D eigenvalue weighted by atomic mass is 32.2. The molecule has 8 heteroatoms. The lowest BCUT2D eigenvalue weighted by atomic mass is 10.2. The van der Waals surface area contributed by atoms with Crippen LogP contribution in [0.3, 0.4) is 0 Å². The van der Waals surface area contributed by atoms with Crippen molar-refractivity contribution in [1.29, 1.82) is 5.26 Å². The molecular weight excluding hydrogens is 258 g/mol. The molecule has 4 N–H and O–H groups in total. The molecule has 18 heavy (non-hydrogen) atoms. The molecule has 7 nitrogen and oxygen atoms in total. The predicted molar refractivity (Wildman–Crippen MR) is 62.0 cm³/mol. The van der Waals surface area contributed by atoms with Crippen molar-refractivity contribution in [3.05, 3.63) is 29.8 Å². The normalized spacial score (nSPS) is 12.7. The Morgan fingerprint density at radius 1 is 1.44 bits per heavy atom. The van der Waals surface area contributed by atoms with E-state index >= 15 is 0 Å². The highest BCUT2D eigenvalue weighted by Crippen LogP contribution is 2.09. The summed E-state index contributed by atoms with van der Waals surface area (Å²) in [5, 5.41) is 17.1. The van der Waals surface area contributed by atoms with Gasteiger partial charge in [-0.2, -0.15) is 5.26 Å². The van der Waals surface area contributed by atoms with Gasteiger partial charge in [0.2, 0.25) is 10.0 Å². The molecule has 0 bridgehead atoms. The van der Waals surface area contributed by atoms with Gasteiger partial charge in [-0.05, 0) is 24.3 Å². The average molecular weight is 269 g/mol. The van der Waals surface area contributed by atoms with E-state index < -0.39 is 28.6 Å². The van der Waals surface area contributed by atoms with Crippen molar-refractivity contribution in [3.8, 4) is 6.07 Å². The monoisotopic (exact) mass is 269 g/mol. The number of nitrogens with zero attached hydrogens (tertiary/aromatic N) is 1. The van der Waals surface area contributed by atoms with Crippen LogP contribution in [-0.4, -0.2) is 32.1 Å². The van der Waals surface area contributed by atoms with Gasteiger partial charge in [-0.3, -0.25) is 4.79 Å². The maximum Gasteiger partial charge on any atom is 0.321 e. The Kier molecular flexibility index (Phi) is 4.38. The zero-order chi connectivity index (χ0) is 13.8. The maximum absolute atomic E-state index is 11.7. The molecule has 1 aromatic rings. The molecule has 0 aliphatic heterocycles. The third kappa shape index (κ3) is 3.53. The fraction of sp³-hybridized carbons (Fsp3) is 0.200. The fourth-order valence-electron chi connectivity index (χ4n) is 1.08. The molecule has 1 rings (SSSR count). The summed E-state index contributed by atoms with van der Waals surface area (Å²) in [6, 6.07) is 5.77. The molecule has 0 aliphatic carbocycles. The van der Waals surface area contributed by atoms with Gasteiger partial charge in [-0.25, -0.2) is 13.1 Å². The second kappa shape index (κ2) is 5.59. The van der Waals surface area contributed by atoms with Crippen LogP contribution in [0.4, 0.5) is 0 Å². The summed E-state index contributed by atoms with van der Waals surface area (Å²) >= 11 is 0. The van der Waals surface area contributed by atoms with E-state index in [2.05, 4.69) is 4.72 Å². The number of carbonyl (C=O) groups is 1. The zero-order valence-electron chi connectivity index (χ0n) is 9.20.